The molecule has 2 unspecified atom stereocenters. The SMILES string of the molecule is O=C(NCCC1=CCCCC1)C1CC1C(=O)Nc1ccc(C(F)(F)F)cc1. The molecule has 4 nitrogen and oxygen atoms in total. The van der Waals surface area contributed by atoms with Crippen molar-refractivity contribution in [1.29, 1.82) is 0 Å². The van der Waals surface area contributed by atoms with Crippen molar-refractivity contribution in [3.8, 4) is 0 Å². The first-order valence-corrected chi connectivity index (χ1v) is 9.28. The first-order chi connectivity index (χ1) is 12.8. The molecule has 146 valence electrons. The van der Waals surface area contributed by atoms with Crippen molar-refractivity contribution >= 4 is 17.5 Å². The monoisotopic (exact) mass is 380 g/mol. The van der Waals surface area contributed by atoms with Crippen molar-refractivity contribution in [2.45, 2.75) is 44.7 Å². The highest BCUT2D eigenvalue weighted by molar-refractivity contribution is 5.99. The van der Waals surface area contributed by atoms with Crippen LogP contribution >= 0.6 is 0 Å². The first kappa shape index (κ1) is 19.5. The molecule has 1 fully saturated rings. The average molecular weight is 380 g/mol. The molecular formula is C20H23F3N2O2. The van der Waals surface area contributed by atoms with Crippen LogP contribution in [0.2, 0.25) is 0 Å². The van der Waals surface area contributed by atoms with Crippen LogP contribution in [0.4, 0.5) is 18.9 Å². The fraction of sp³-hybridized carbons (Fsp3) is 0.500. The summed E-state index contributed by atoms with van der Waals surface area (Å²) < 4.78 is 37.6. The number of amides is 2. The highest BCUT2D eigenvalue weighted by Crippen LogP contribution is 2.39. The van der Waals surface area contributed by atoms with Gasteiger partial charge in [-0.1, -0.05) is 11.6 Å². The summed E-state index contributed by atoms with van der Waals surface area (Å²) in [5, 5.41) is 5.46. The Hall–Kier alpha value is -2.31. The van der Waals surface area contributed by atoms with E-state index in [0.717, 1.165) is 31.4 Å². The van der Waals surface area contributed by atoms with E-state index in [1.165, 1.54) is 30.5 Å². The molecule has 0 radical (unpaired) electrons. The fourth-order valence-electron chi connectivity index (χ4n) is 3.36. The Bertz CT molecular complexity index is 726. The van der Waals surface area contributed by atoms with E-state index < -0.39 is 17.7 Å². The van der Waals surface area contributed by atoms with E-state index >= 15 is 0 Å². The molecule has 2 atom stereocenters. The van der Waals surface area contributed by atoms with Gasteiger partial charge >= 0.3 is 6.18 Å². The average Bonchev–Trinajstić information content (AvgIpc) is 3.43. The molecule has 0 aromatic heterocycles. The zero-order valence-corrected chi connectivity index (χ0v) is 14.9. The van der Waals surface area contributed by atoms with E-state index in [9.17, 15) is 22.8 Å². The summed E-state index contributed by atoms with van der Waals surface area (Å²) in [6.07, 6.45) is 3.79. The standard InChI is InChI=1S/C20H23F3N2O2/c21-20(22,23)14-6-8-15(9-7-14)25-19(27)17-12-16(17)18(26)24-11-10-13-4-2-1-3-5-13/h4,6-9,16-17H,1-3,5,10-12H2,(H,24,26)(H,25,27). The van der Waals surface area contributed by atoms with Crippen molar-refractivity contribution < 1.29 is 22.8 Å². The van der Waals surface area contributed by atoms with Gasteiger partial charge in [0.2, 0.25) is 11.8 Å². The van der Waals surface area contributed by atoms with Gasteiger partial charge in [0.05, 0.1) is 17.4 Å². The molecule has 1 aromatic rings. The number of rotatable bonds is 6. The molecule has 3 rings (SSSR count). The van der Waals surface area contributed by atoms with Gasteiger partial charge in [-0.15, -0.1) is 0 Å². The van der Waals surface area contributed by atoms with Gasteiger partial charge in [0.1, 0.15) is 0 Å². The van der Waals surface area contributed by atoms with Crippen LogP contribution in [0.15, 0.2) is 35.9 Å². The zero-order chi connectivity index (χ0) is 19.4. The number of allylic oxidation sites excluding steroid dienone is 1. The molecule has 0 saturated heterocycles. The highest BCUT2D eigenvalue weighted by atomic mass is 19.4. The maximum absolute atomic E-state index is 12.5. The van der Waals surface area contributed by atoms with Gasteiger partial charge in [-0.05, 0) is 62.8 Å². The molecule has 0 heterocycles. The Morgan fingerprint density at radius 2 is 1.74 bits per heavy atom. The van der Waals surface area contributed by atoms with Gasteiger partial charge in [0.25, 0.3) is 0 Å². The quantitative estimate of drug-likeness (QED) is 0.724. The van der Waals surface area contributed by atoms with E-state index in [2.05, 4.69) is 16.7 Å². The lowest BCUT2D eigenvalue weighted by atomic mass is 9.97. The lowest BCUT2D eigenvalue weighted by Gasteiger charge is -2.13. The van der Waals surface area contributed by atoms with Gasteiger partial charge in [-0.3, -0.25) is 9.59 Å². The number of hydrogen-bond donors (Lipinski definition) is 2. The summed E-state index contributed by atoms with van der Waals surface area (Å²) in [7, 11) is 0. The summed E-state index contributed by atoms with van der Waals surface area (Å²) in [5.41, 5.74) is 0.912. The molecule has 2 aliphatic rings. The van der Waals surface area contributed by atoms with Crippen LogP contribution in [0.3, 0.4) is 0 Å². The summed E-state index contributed by atoms with van der Waals surface area (Å²) in [4.78, 5) is 24.3. The Balaban J connectivity index is 1.41. The number of hydrogen-bond acceptors (Lipinski definition) is 2. The largest absolute Gasteiger partial charge is 0.416 e. The molecule has 7 heteroatoms. The molecule has 2 N–H and O–H groups in total. The molecular weight excluding hydrogens is 357 g/mol. The molecule has 2 aliphatic carbocycles. The summed E-state index contributed by atoms with van der Waals surface area (Å²) in [6.45, 7) is 0.578. The minimum Gasteiger partial charge on any atom is -0.356 e. The molecule has 27 heavy (non-hydrogen) atoms. The second kappa shape index (κ2) is 8.15. The summed E-state index contributed by atoms with van der Waals surface area (Å²) >= 11 is 0. The Morgan fingerprint density at radius 1 is 1.04 bits per heavy atom. The zero-order valence-electron chi connectivity index (χ0n) is 14.9. The van der Waals surface area contributed by atoms with Gasteiger partial charge in [0, 0.05) is 12.2 Å². The third-order valence-electron chi connectivity index (χ3n) is 5.07. The Kier molecular flexibility index (Phi) is 5.87. The van der Waals surface area contributed by atoms with E-state index in [-0.39, 0.29) is 17.7 Å². The molecule has 1 saturated carbocycles. The minimum atomic E-state index is -4.41. The number of carbonyl (C=O) groups excluding carboxylic acids is 2. The molecule has 0 spiro atoms. The van der Waals surface area contributed by atoms with E-state index in [4.69, 9.17) is 0 Å². The minimum absolute atomic E-state index is 0.126. The lowest BCUT2D eigenvalue weighted by molar-refractivity contribution is -0.137. The predicted molar refractivity (Wildman–Crippen MR) is 95.8 cm³/mol. The van der Waals surface area contributed by atoms with Crippen LogP contribution in [0.1, 0.15) is 44.1 Å². The second-order valence-corrected chi connectivity index (χ2v) is 7.16. The van der Waals surface area contributed by atoms with Crippen LogP contribution in [0.5, 0.6) is 0 Å². The maximum Gasteiger partial charge on any atom is 0.416 e. The third-order valence-corrected chi connectivity index (χ3v) is 5.07. The topological polar surface area (TPSA) is 58.2 Å². The predicted octanol–water partition coefficient (Wildman–Crippen LogP) is 4.29. The number of benzene rings is 1. The molecule has 0 bridgehead atoms. The summed E-state index contributed by atoms with van der Waals surface area (Å²) in [6, 6.07) is 4.28. The van der Waals surface area contributed by atoms with Crippen molar-refractivity contribution in [2.75, 3.05) is 11.9 Å². The van der Waals surface area contributed by atoms with Crippen molar-refractivity contribution in [3.05, 3.63) is 41.5 Å². The number of nitrogens with one attached hydrogen (secondary N) is 2. The van der Waals surface area contributed by atoms with E-state index in [1.54, 1.807) is 0 Å². The lowest BCUT2D eigenvalue weighted by Crippen LogP contribution is -2.28. The van der Waals surface area contributed by atoms with Crippen LogP contribution in [0, 0.1) is 11.8 Å². The normalized spacial score (nSPS) is 22.0. The highest BCUT2D eigenvalue weighted by Gasteiger charge is 2.47. The molecule has 0 aliphatic heterocycles. The summed E-state index contributed by atoms with van der Waals surface area (Å²) in [5.74, 6) is -1.22. The maximum atomic E-state index is 12.5. The number of carbonyl (C=O) groups is 2. The van der Waals surface area contributed by atoms with Gasteiger partial charge in [0.15, 0.2) is 0 Å². The van der Waals surface area contributed by atoms with Crippen molar-refractivity contribution in [3.63, 3.8) is 0 Å². The Labute approximate surface area is 156 Å². The van der Waals surface area contributed by atoms with Crippen LogP contribution in [-0.2, 0) is 15.8 Å². The van der Waals surface area contributed by atoms with Gasteiger partial charge < -0.3 is 10.6 Å². The van der Waals surface area contributed by atoms with Gasteiger partial charge in [-0.2, -0.15) is 13.2 Å². The number of halogens is 3. The van der Waals surface area contributed by atoms with Crippen LogP contribution in [0.25, 0.3) is 0 Å². The molecule has 2 amide bonds. The smallest absolute Gasteiger partial charge is 0.356 e. The molecule has 1 aromatic carbocycles. The third kappa shape index (κ3) is 5.34. The van der Waals surface area contributed by atoms with Crippen molar-refractivity contribution in [2.24, 2.45) is 11.8 Å². The van der Waals surface area contributed by atoms with Crippen LogP contribution < -0.4 is 10.6 Å². The van der Waals surface area contributed by atoms with E-state index in [0.29, 0.717) is 18.7 Å². The first-order valence-electron chi connectivity index (χ1n) is 9.28. The number of alkyl halides is 3. The van der Waals surface area contributed by atoms with Gasteiger partial charge in [-0.25, -0.2) is 0 Å². The second-order valence-electron chi connectivity index (χ2n) is 7.16. The van der Waals surface area contributed by atoms with Crippen LogP contribution in [-0.4, -0.2) is 18.4 Å². The Morgan fingerprint density at radius 3 is 2.37 bits per heavy atom. The number of anilines is 1. The van der Waals surface area contributed by atoms with Crippen molar-refractivity contribution in [1.82, 2.24) is 5.32 Å². The van der Waals surface area contributed by atoms with E-state index in [1.807, 2.05) is 0 Å². The fourth-order valence-corrected chi connectivity index (χ4v) is 3.36.